The molecule has 2 heteroatoms. The first-order valence-corrected chi connectivity index (χ1v) is 5.37. The molecule has 1 rings (SSSR count). The Kier molecular flexibility index (Phi) is 5.18. The third-order valence-electron chi connectivity index (χ3n) is 2.17. The molecule has 0 radical (unpaired) electrons. The first kappa shape index (κ1) is 11.5. The van der Waals surface area contributed by atoms with Crippen molar-refractivity contribution in [2.75, 3.05) is 6.54 Å². The largest absolute Gasteiger partial charge is 0.293 e. The maximum atomic E-state index is 8.62. The van der Waals surface area contributed by atoms with E-state index in [0.29, 0.717) is 5.56 Å². The van der Waals surface area contributed by atoms with E-state index in [4.69, 9.17) is 5.26 Å². The van der Waals surface area contributed by atoms with Crippen LogP contribution in [-0.2, 0) is 0 Å². The molecule has 0 N–H and O–H groups in total. The first-order valence-electron chi connectivity index (χ1n) is 5.37. The molecule has 0 heterocycles. The number of benzene rings is 1. The van der Waals surface area contributed by atoms with Crippen LogP contribution in [0.5, 0.6) is 0 Å². The molecule has 78 valence electrons. The molecule has 0 aliphatic heterocycles. The number of nitrogens with zero attached hydrogens (tertiary/aromatic N) is 2. The molecule has 1 aromatic rings. The fraction of sp³-hybridized carbons (Fsp3) is 0.385. The van der Waals surface area contributed by atoms with Crippen LogP contribution >= 0.6 is 0 Å². The molecule has 15 heavy (non-hydrogen) atoms. The average Bonchev–Trinajstić information content (AvgIpc) is 2.30. The Balaban J connectivity index is 2.40. The lowest BCUT2D eigenvalue weighted by Crippen LogP contribution is -1.85. The van der Waals surface area contributed by atoms with Gasteiger partial charge in [-0.1, -0.05) is 31.9 Å². The molecule has 0 spiro atoms. The monoisotopic (exact) mass is 200 g/mol. The van der Waals surface area contributed by atoms with Gasteiger partial charge >= 0.3 is 0 Å². The summed E-state index contributed by atoms with van der Waals surface area (Å²) in [6.45, 7) is 3.08. The Morgan fingerprint density at radius 1 is 1.27 bits per heavy atom. The van der Waals surface area contributed by atoms with Crippen LogP contribution in [0.1, 0.15) is 37.3 Å². The van der Waals surface area contributed by atoms with Gasteiger partial charge in [0.05, 0.1) is 11.6 Å². The summed E-state index contributed by atoms with van der Waals surface area (Å²) in [7, 11) is 0. The van der Waals surface area contributed by atoms with Gasteiger partial charge in [0.1, 0.15) is 0 Å². The van der Waals surface area contributed by atoms with Crippen molar-refractivity contribution in [3.8, 4) is 6.07 Å². The quantitative estimate of drug-likeness (QED) is 0.531. The standard InChI is InChI=1S/C13H16N2/c1-2-3-4-9-15-11-13-7-5-12(10-14)6-8-13/h5-8,11H,2-4,9H2,1H3/b15-11+. The van der Waals surface area contributed by atoms with Crippen LogP contribution in [0.3, 0.4) is 0 Å². The molecule has 0 unspecified atom stereocenters. The third kappa shape index (κ3) is 4.42. The summed E-state index contributed by atoms with van der Waals surface area (Å²) < 4.78 is 0. The second-order valence-electron chi connectivity index (χ2n) is 3.48. The van der Waals surface area contributed by atoms with E-state index in [1.54, 1.807) is 0 Å². The van der Waals surface area contributed by atoms with Gasteiger partial charge in [-0.15, -0.1) is 0 Å². The number of aliphatic imine (C=N–C) groups is 1. The van der Waals surface area contributed by atoms with Crippen LogP contribution in [0, 0.1) is 11.3 Å². The number of unbranched alkanes of at least 4 members (excludes halogenated alkanes) is 2. The van der Waals surface area contributed by atoms with E-state index in [1.165, 1.54) is 12.8 Å². The summed E-state index contributed by atoms with van der Waals surface area (Å²) in [5.41, 5.74) is 1.75. The molecule has 2 nitrogen and oxygen atoms in total. The van der Waals surface area contributed by atoms with Crippen LogP contribution < -0.4 is 0 Å². The van der Waals surface area contributed by atoms with Crippen LogP contribution in [0.2, 0.25) is 0 Å². The number of rotatable bonds is 5. The van der Waals surface area contributed by atoms with E-state index in [1.807, 2.05) is 30.5 Å². The minimum Gasteiger partial charge on any atom is -0.293 e. The van der Waals surface area contributed by atoms with Gasteiger partial charge in [0.15, 0.2) is 0 Å². The van der Waals surface area contributed by atoms with Crippen molar-refractivity contribution in [3.63, 3.8) is 0 Å². The summed E-state index contributed by atoms with van der Waals surface area (Å²) in [5, 5.41) is 8.62. The Hall–Kier alpha value is -1.62. The lowest BCUT2D eigenvalue weighted by Gasteiger charge is -1.94. The van der Waals surface area contributed by atoms with E-state index in [2.05, 4.69) is 18.0 Å². The highest BCUT2D eigenvalue weighted by atomic mass is 14.7. The van der Waals surface area contributed by atoms with E-state index >= 15 is 0 Å². The van der Waals surface area contributed by atoms with Crippen molar-refractivity contribution >= 4 is 6.21 Å². The molecule has 0 aromatic heterocycles. The first-order chi connectivity index (χ1) is 7.36. The minimum absolute atomic E-state index is 0.693. The molecule has 0 atom stereocenters. The maximum Gasteiger partial charge on any atom is 0.0991 e. The van der Waals surface area contributed by atoms with E-state index in [-0.39, 0.29) is 0 Å². The predicted octanol–water partition coefficient (Wildman–Crippen LogP) is 3.17. The van der Waals surface area contributed by atoms with Gasteiger partial charge in [-0.2, -0.15) is 5.26 Å². The van der Waals surface area contributed by atoms with Gasteiger partial charge in [-0.05, 0) is 24.1 Å². The maximum absolute atomic E-state index is 8.62. The lowest BCUT2D eigenvalue weighted by molar-refractivity contribution is 0.729. The average molecular weight is 200 g/mol. The molecule has 0 fully saturated rings. The summed E-state index contributed by atoms with van der Waals surface area (Å²) in [4.78, 5) is 4.33. The number of hydrogen-bond acceptors (Lipinski definition) is 2. The highest BCUT2D eigenvalue weighted by molar-refractivity contribution is 5.79. The fourth-order valence-electron chi connectivity index (χ4n) is 1.27. The molecule has 0 saturated carbocycles. The molecule has 0 aliphatic carbocycles. The van der Waals surface area contributed by atoms with Crippen molar-refractivity contribution < 1.29 is 0 Å². The summed E-state index contributed by atoms with van der Waals surface area (Å²) in [6.07, 6.45) is 5.50. The van der Waals surface area contributed by atoms with Gasteiger partial charge in [0, 0.05) is 12.8 Å². The summed E-state index contributed by atoms with van der Waals surface area (Å²) in [6, 6.07) is 9.56. The second kappa shape index (κ2) is 6.78. The Morgan fingerprint density at radius 3 is 2.60 bits per heavy atom. The smallest absolute Gasteiger partial charge is 0.0991 e. The zero-order valence-corrected chi connectivity index (χ0v) is 9.11. The predicted molar refractivity (Wildman–Crippen MR) is 63.1 cm³/mol. The van der Waals surface area contributed by atoms with Crippen molar-refractivity contribution in [2.45, 2.75) is 26.2 Å². The van der Waals surface area contributed by atoms with E-state index < -0.39 is 0 Å². The molecular formula is C13H16N2. The molecule has 0 saturated heterocycles. The van der Waals surface area contributed by atoms with Gasteiger partial charge in [-0.25, -0.2) is 0 Å². The van der Waals surface area contributed by atoms with E-state index in [9.17, 15) is 0 Å². The van der Waals surface area contributed by atoms with Gasteiger partial charge in [-0.3, -0.25) is 4.99 Å². The topological polar surface area (TPSA) is 36.1 Å². The van der Waals surface area contributed by atoms with Crippen LogP contribution in [0.15, 0.2) is 29.3 Å². The van der Waals surface area contributed by atoms with Crippen LogP contribution in [0.25, 0.3) is 0 Å². The second-order valence-corrected chi connectivity index (χ2v) is 3.48. The SMILES string of the molecule is CCCCC/N=C/c1ccc(C#N)cc1. The fourth-order valence-corrected chi connectivity index (χ4v) is 1.27. The number of nitriles is 1. The Bertz CT molecular complexity index is 344. The van der Waals surface area contributed by atoms with Gasteiger partial charge < -0.3 is 0 Å². The summed E-state index contributed by atoms with van der Waals surface area (Å²) in [5.74, 6) is 0. The minimum atomic E-state index is 0.693. The molecule has 0 aliphatic rings. The molecule has 0 amide bonds. The van der Waals surface area contributed by atoms with Crippen molar-refractivity contribution in [3.05, 3.63) is 35.4 Å². The lowest BCUT2D eigenvalue weighted by atomic mass is 10.2. The normalized spacial score (nSPS) is 10.4. The zero-order valence-electron chi connectivity index (χ0n) is 9.11. The van der Waals surface area contributed by atoms with Crippen LogP contribution in [-0.4, -0.2) is 12.8 Å². The van der Waals surface area contributed by atoms with Crippen molar-refractivity contribution in [1.29, 1.82) is 5.26 Å². The van der Waals surface area contributed by atoms with E-state index in [0.717, 1.165) is 18.5 Å². The Morgan fingerprint density at radius 2 is 2.00 bits per heavy atom. The highest BCUT2D eigenvalue weighted by Gasteiger charge is 1.89. The summed E-state index contributed by atoms with van der Waals surface area (Å²) >= 11 is 0. The number of hydrogen-bond donors (Lipinski definition) is 0. The molecule has 0 bridgehead atoms. The van der Waals surface area contributed by atoms with Crippen molar-refractivity contribution in [2.24, 2.45) is 4.99 Å². The van der Waals surface area contributed by atoms with Crippen LogP contribution in [0.4, 0.5) is 0 Å². The highest BCUT2D eigenvalue weighted by Crippen LogP contribution is 2.01. The van der Waals surface area contributed by atoms with Gasteiger partial charge in [0.2, 0.25) is 0 Å². The molecule has 1 aromatic carbocycles. The molecular weight excluding hydrogens is 184 g/mol. The van der Waals surface area contributed by atoms with Gasteiger partial charge in [0.25, 0.3) is 0 Å². The zero-order chi connectivity index (χ0) is 10.9. The Labute approximate surface area is 91.3 Å². The third-order valence-corrected chi connectivity index (χ3v) is 2.17. The van der Waals surface area contributed by atoms with Crippen molar-refractivity contribution in [1.82, 2.24) is 0 Å².